The van der Waals surface area contributed by atoms with Crippen LogP contribution in [0.4, 0.5) is 4.39 Å². The van der Waals surface area contributed by atoms with Gasteiger partial charge in [0.25, 0.3) is 8.32 Å². The van der Waals surface area contributed by atoms with Crippen LogP contribution < -0.4 is 10.4 Å². The Morgan fingerprint density at radius 1 is 0.828 bits per heavy atom. The van der Waals surface area contributed by atoms with Gasteiger partial charge in [-0.1, -0.05) is 87.5 Å². The van der Waals surface area contributed by atoms with Gasteiger partial charge in [-0.2, -0.15) is 0 Å². The molecule has 152 valence electrons. The first-order valence-corrected chi connectivity index (χ1v) is 11.9. The van der Waals surface area contributed by atoms with E-state index in [0.717, 1.165) is 11.1 Å². The van der Waals surface area contributed by atoms with E-state index in [1.54, 1.807) is 6.07 Å². The highest BCUT2D eigenvalue weighted by Crippen LogP contribution is 2.37. The van der Waals surface area contributed by atoms with Gasteiger partial charge in [0.2, 0.25) is 0 Å². The lowest BCUT2D eigenvalue weighted by molar-refractivity contribution is 0.279. The van der Waals surface area contributed by atoms with Gasteiger partial charge in [-0.05, 0) is 45.1 Å². The van der Waals surface area contributed by atoms with Crippen molar-refractivity contribution in [3.05, 3.63) is 95.8 Å². The Hall–Kier alpha value is -2.27. The Balaban J connectivity index is 2.11. The van der Waals surface area contributed by atoms with Gasteiger partial charge in [0, 0.05) is 6.61 Å². The molecule has 0 amide bonds. The van der Waals surface area contributed by atoms with Gasteiger partial charge in [0.15, 0.2) is 0 Å². The molecule has 0 aliphatic heterocycles. The van der Waals surface area contributed by atoms with Gasteiger partial charge >= 0.3 is 0 Å². The highest BCUT2D eigenvalue weighted by Gasteiger charge is 2.50. The molecule has 0 fully saturated rings. The van der Waals surface area contributed by atoms with Gasteiger partial charge in [0.05, 0.1) is 6.61 Å². The Bertz CT molecular complexity index is 881. The maximum atomic E-state index is 14.0. The Morgan fingerprint density at radius 3 is 1.86 bits per heavy atom. The third kappa shape index (κ3) is 4.50. The normalized spacial score (nSPS) is 12.2. The Morgan fingerprint density at radius 2 is 1.38 bits per heavy atom. The van der Waals surface area contributed by atoms with E-state index >= 15 is 0 Å². The standard InChI is InChI=1S/C25H29FO2Si/c1-25(2,3)29(23-10-6-4-7-11-23,24-12-8-5-9-13-24)28-19-21-18-22(26)15-14-20(21)16-17-27/h4-15,18,27H,16-17,19H2,1-3H3. The van der Waals surface area contributed by atoms with Crippen LogP contribution in [0.2, 0.25) is 5.04 Å². The third-order valence-electron chi connectivity index (χ3n) is 5.41. The summed E-state index contributed by atoms with van der Waals surface area (Å²) in [6.45, 7) is 7.00. The summed E-state index contributed by atoms with van der Waals surface area (Å²) in [6, 6.07) is 25.5. The molecule has 0 bridgehead atoms. The zero-order valence-corrected chi connectivity index (χ0v) is 18.4. The highest BCUT2D eigenvalue weighted by atomic mass is 28.4. The van der Waals surface area contributed by atoms with Gasteiger partial charge in [-0.15, -0.1) is 0 Å². The van der Waals surface area contributed by atoms with Crippen molar-refractivity contribution in [1.29, 1.82) is 0 Å². The van der Waals surface area contributed by atoms with Crippen LogP contribution in [0.1, 0.15) is 31.9 Å². The van der Waals surface area contributed by atoms with Gasteiger partial charge in [0.1, 0.15) is 5.82 Å². The molecule has 3 rings (SSSR count). The Kier molecular flexibility index (Phi) is 6.68. The van der Waals surface area contributed by atoms with Gasteiger partial charge < -0.3 is 9.53 Å². The van der Waals surface area contributed by atoms with Crippen LogP contribution in [0.15, 0.2) is 78.9 Å². The highest BCUT2D eigenvalue weighted by molar-refractivity contribution is 6.99. The number of halogens is 1. The van der Waals surface area contributed by atoms with E-state index in [1.165, 1.54) is 22.5 Å². The minimum absolute atomic E-state index is 0.0256. The van der Waals surface area contributed by atoms with Crippen LogP contribution in [0, 0.1) is 5.82 Å². The molecule has 29 heavy (non-hydrogen) atoms. The number of hydrogen-bond acceptors (Lipinski definition) is 2. The fourth-order valence-electron chi connectivity index (χ4n) is 4.04. The number of benzene rings is 3. The van der Waals surface area contributed by atoms with Crippen molar-refractivity contribution in [2.75, 3.05) is 6.61 Å². The van der Waals surface area contributed by atoms with Crippen LogP contribution in [0.25, 0.3) is 0 Å². The second-order valence-corrected chi connectivity index (χ2v) is 12.6. The molecule has 0 unspecified atom stereocenters. The fourth-order valence-corrected chi connectivity index (χ4v) is 8.57. The second kappa shape index (κ2) is 9.03. The zero-order chi connectivity index (χ0) is 20.9. The van der Waals surface area contributed by atoms with Gasteiger partial charge in [-0.3, -0.25) is 0 Å². The molecule has 0 saturated carbocycles. The number of hydrogen-bond donors (Lipinski definition) is 1. The van der Waals surface area contributed by atoms with Crippen molar-refractivity contribution in [2.24, 2.45) is 0 Å². The Labute approximate surface area is 174 Å². The summed E-state index contributed by atoms with van der Waals surface area (Å²) in [5.74, 6) is -0.285. The summed E-state index contributed by atoms with van der Waals surface area (Å²) in [6.07, 6.45) is 0.486. The summed E-state index contributed by atoms with van der Waals surface area (Å²) < 4.78 is 20.9. The first kappa shape index (κ1) is 21.4. The molecule has 0 aliphatic carbocycles. The molecule has 0 spiro atoms. The summed E-state index contributed by atoms with van der Waals surface area (Å²) >= 11 is 0. The summed E-state index contributed by atoms with van der Waals surface area (Å²) in [5, 5.41) is 11.6. The molecule has 0 atom stereocenters. The molecule has 0 heterocycles. The molecule has 4 heteroatoms. The second-order valence-electron chi connectivity index (χ2n) is 8.34. The van der Waals surface area contributed by atoms with E-state index in [1.807, 2.05) is 12.1 Å². The minimum Gasteiger partial charge on any atom is -0.403 e. The molecular weight excluding hydrogens is 379 g/mol. The largest absolute Gasteiger partial charge is 0.403 e. The van der Waals surface area contributed by atoms with E-state index in [-0.39, 0.29) is 17.5 Å². The molecule has 3 aromatic carbocycles. The maximum absolute atomic E-state index is 14.0. The number of aliphatic hydroxyl groups is 1. The van der Waals surface area contributed by atoms with Crippen LogP contribution in [0.3, 0.4) is 0 Å². The van der Waals surface area contributed by atoms with E-state index in [9.17, 15) is 9.50 Å². The van der Waals surface area contributed by atoms with Crippen molar-refractivity contribution in [1.82, 2.24) is 0 Å². The number of rotatable bonds is 7. The van der Waals surface area contributed by atoms with Crippen LogP contribution >= 0.6 is 0 Å². The predicted molar refractivity (Wildman–Crippen MR) is 120 cm³/mol. The van der Waals surface area contributed by atoms with Crippen LogP contribution in [0.5, 0.6) is 0 Å². The maximum Gasteiger partial charge on any atom is 0.261 e. The molecule has 3 aromatic rings. The van der Waals surface area contributed by atoms with E-state index < -0.39 is 8.32 Å². The molecule has 1 N–H and O–H groups in total. The molecular formula is C25H29FO2Si. The third-order valence-corrected chi connectivity index (χ3v) is 10.4. The summed E-state index contributed by atoms with van der Waals surface area (Å²) in [4.78, 5) is 0. The molecule has 0 saturated heterocycles. The smallest absolute Gasteiger partial charge is 0.261 e. The number of aliphatic hydroxyl groups excluding tert-OH is 1. The van der Waals surface area contributed by atoms with Crippen molar-refractivity contribution in [3.63, 3.8) is 0 Å². The van der Waals surface area contributed by atoms with Crippen molar-refractivity contribution in [3.8, 4) is 0 Å². The monoisotopic (exact) mass is 408 g/mol. The molecule has 0 aromatic heterocycles. The summed E-state index contributed by atoms with van der Waals surface area (Å²) in [5.41, 5.74) is 1.72. The minimum atomic E-state index is -2.68. The molecule has 0 radical (unpaired) electrons. The lowest BCUT2D eigenvalue weighted by Gasteiger charge is -2.43. The van der Waals surface area contributed by atoms with Crippen molar-refractivity contribution in [2.45, 2.75) is 38.8 Å². The first-order chi connectivity index (χ1) is 13.9. The van der Waals surface area contributed by atoms with Crippen molar-refractivity contribution < 1.29 is 13.9 Å². The average Bonchev–Trinajstić information content (AvgIpc) is 2.71. The SMILES string of the molecule is CC(C)(C)[Si](OCc1cc(F)ccc1CCO)(c1ccccc1)c1ccccc1. The fraction of sp³-hybridized carbons (Fsp3) is 0.280. The van der Waals surface area contributed by atoms with Crippen LogP contribution in [-0.2, 0) is 17.5 Å². The van der Waals surface area contributed by atoms with Gasteiger partial charge in [-0.25, -0.2) is 4.39 Å². The van der Waals surface area contributed by atoms with E-state index in [4.69, 9.17) is 4.43 Å². The predicted octanol–water partition coefficient (Wildman–Crippen LogP) is 4.44. The topological polar surface area (TPSA) is 29.5 Å². The quantitative estimate of drug-likeness (QED) is 0.586. The van der Waals surface area contributed by atoms with Crippen LogP contribution in [-0.4, -0.2) is 20.0 Å². The van der Waals surface area contributed by atoms with E-state index in [0.29, 0.717) is 13.0 Å². The average molecular weight is 409 g/mol. The van der Waals surface area contributed by atoms with E-state index in [2.05, 4.69) is 69.3 Å². The van der Waals surface area contributed by atoms with Crippen molar-refractivity contribution >= 4 is 18.7 Å². The lowest BCUT2D eigenvalue weighted by atomic mass is 10.1. The summed E-state index contributed by atoms with van der Waals surface area (Å²) in [7, 11) is -2.68. The molecule has 2 nitrogen and oxygen atoms in total. The molecule has 0 aliphatic rings. The first-order valence-electron chi connectivity index (χ1n) is 10.0. The lowest BCUT2D eigenvalue weighted by Crippen LogP contribution is -2.66. The zero-order valence-electron chi connectivity index (χ0n) is 17.4.